The van der Waals surface area contributed by atoms with Gasteiger partial charge in [0.05, 0.1) is 17.9 Å². The summed E-state index contributed by atoms with van der Waals surface area (Å²) in [5, 5.41) is 11.2. The minimum absolute atomic E-state index is 0. The molecule has 0 unspecified atom stereocenters. The summed E-state index contributed by atoms with van der Waals surface area (Å²) in [4.78, 5) is 12.4. The third kappa shape index (κ3) is 5.52. The molecule has 5 aromatic carbocycles. The first-order valence-corrected chi connectivity index (χ1v) is 14.4. The van der Waals surface area contributed by atoms with Crippen molar-refractivity contribution in [2.45, 2.75) is 25.9 Å². The van der Waals surface area contributed by atoms with Crippen molar-refractivity contribution in [1.82, 2.24) is 4.98 Å². The van der Waals surface area contributed by atoms with E-state index >= 15 is 0 Å². The van der Waals surface area contributed by atoms with E-state index in [-0.39, 0.29) is 38.9 Å². The predicted molar refractivity (Wildman–Crippen MR) is 172 cm³/mol. The summed E-state index contributed by atoms with van der Waals surface area (Å²) in [6.45, 7) is 4.31. The molecular weight excluding hydrogens is 726 g/mol. The molecule has 5 nitrogen and oxygen atoms in total. The Morgan fingerprint density at radius 1 is 0.705 bits per heavy atom. The predicted octanol–water partition coefficient (Wildman–Crippen LogP) is 8.90. The Hall–Kier alpha value is -4.73. The number of aromatic hydroxyl groups is 1. The van der Waals surface area contributed by atoms with Gasteiger partial charge in [-0.05, 0) is 48.2 Å². The van der Waals surface area contributed by atoms with E-state index in [1.165, 1.54) is 16.7 Å². The Bertz CT molecular complexity index is 1940. The number of para-hydroxylation sites is 2. The number of aliphatic imine (C=N–C) groups is 1. The smallest absolute Gasteiger partial charge is 0.217 e. The average molecular weight is 756 g/mol. The van der Waals surface area contributed by atoms with Crippen LogP contribution in [0.15, 0.2) is 132 Å². The Morgan fingerprint density at radius 2 is 1.36 bits per heavy atom. The second kappa shape index (κ2) is 12.5. The molecule has 0 spiro atoms. The van der Waals surface area contributed by atoms with Crippen LogP contribution >= 0.6 is 0 Å². The van der Waals surface area contributed by atoms with Crippen molar-refractivity contribution in [3.05, 3.63) is 161 Å². The van der Waals surface area contributed by atoms with Gasteiger partial charge in [-0.15, -0.1) is 23.8 Å². The van der Waals surface area contributed by atoms with Crippen LogP contribution < -0.4 is 9.64 Å². The van der Waals surface area contributed by atoms with Crippen LogP contribution in [-0.2, 0) is 21.1 Å². The van der Waals surface area contributed by atoms with Gasteiger partial charge in [0.2, 0.25) is 5.88 Å². The Kier molecular flexibility index (Phi) is 8.32. The number of benzene rings is 5. The number of fused-ring (bicyclic) bond motifs is 1. The van der Waals surface area contributed by atoms with Crippen molar-refractivity contribution in [2.24, 2.45) is 4.99 Å². The molecule has 0 amide bonds. The molecule has 1 aliphatic rings. The summed E-state index contributed by atoms with van der Waals surface area (Å²) < 4.78 is 6.20. The fourth-order valence-corrected chi connectivity index (χ4v) is 5.98. The van der Waals surface area contributed by atoms with E-state index in [9.17, 15) is 5.11 Å². The second-order valence-electron chi connectivity index (χ2n) is 10.8. The van der Waals surface area contributed by atoms with E-state index in [1.54, 1.807) is 18.2 Å². The van der Waals surface area contributed by atoms with Crippen LogP contribution in [0.2, 0.25) is 0 Å². The van der Waals surface area contributed by atoms with Crippen molar-refractivity contribution >= 4 is 22.4 Å². The number of ether oxygens (including phenoxy) is 1. The second-order valence-corrected chi connectivity index (χ2v) is 10.8. The van der Waals surface area contributed by atoms with E-state index < -0.39 is 0 Å². The molecule has 0 fully saturated rings. The fourth-order valence-electron chi connectivity index (χ4n) is 5.98. The third-order valence-electron chi connectivity index (χ3n) is 7.93. The maximum Gasteiger partial charge on any atom is 0.217 e. The maximum absolute atomic E-state index is 10.3. The summed E-state index contributed by atoms with van der Waals surface area (Å²) in [5.41, 5.74) is 7.14. The van der Waals surface area contributed by atoms with Crippen LogP contribution in [0.25, 0.3) is 10.9 Å². The van der Waals surface area contributed by atoms with Crippen molar-refractivity contribution < 1.29 is 30.9 Å². The number of hydrogen-bond donors (Lipinski definition) is 1. The van der Waals surface area contributed by atoms with Crippen LogP contribution in [0.4, 0.5) is 5.69 Å². The Labute approximate surface area is 271 Å². The molecule has 44 heavy (non-hydrogen) atoms. The molecule has 1 aromatic heterocycles. The van der Waals surface area contributed by atoms with Crippen LogP contribution in [0, 0.1) is 19.9 Å². The number of amidine groups is 1. The summed E-state index contributed by atoms with van der Waals surface area (Å²) in [5.74, 6) is 1.84. The van der Waals surface area contributed by atoms with E-state index in [0.717, 1.165) is 28.0 Å². The zero-order chi connectivity index (χ0) is 29.3. The van der Waals surface area contributed by atoms with E-state index in [2.05, 4.69) is 103 Å². The minimum Gasteiger partial charge on any atom is -0.506 e. The van der Waals surface area contributed by atoms with Crippen molar-refractivity contribution in [2.75, 3.05) is 4.90 Å². The largest absolute Gasteiger partial charge is 0.506 e. The first kappa shape index (κ1) is 29.3. The number of pyridine rings is 1. The number of phenolic OH excluding ortho intramolecular Hbond substituents is 1. The zero-order valence-electron chi connectivity index (χ0n) is 24.3. The molecule has 2 atom stereocenters. The average Bonchev–Trinajstić information content (AvgIpc) is 3.43. The monoisotopic (exact) mass is 755 g/mol. The number of hydrogen-bond acceptors (Lipinski definition) is 5. The molecule has 1 aliphatic heterocycles. The summed E-state index contributed by atoms with van der Waals surface area (Å²) >= 11 is 0. The van der Waals surface area contributed by atoms with Crippen LogP contribution in [-0.4, -0.2) is 15.9 Å². The number of aromatic nitrogens is 1. The van der Waals surface area contributed by atoms with Gasteiger partial charge < -0.3 is 19.7 Å². The molecule has 0 saturated heterocycles. The van der Waals surface area contributed by atoms with Gasteiger partial charge in [-0.3, -0.25) is 0 Å². The molecule has 0 aliphatic carbocycles. The molecular formula is C38H30N3O2Pt-. The van der Waals surface area contributed by atoms with Gasteiger partial charge in [0.25, 0.3) is 0 Å². The SMILES string of the molecule is Cc1cccc(C)c1N1C(c2[c-]c(Oc3ccc4cccc(O)c4n3)ccc2)=N[C@@H](c2ccccc2)[C@H]1c1ccccc1.[Pt]. The first-order chi connectivity index (χ1) is 21.1. The number of rotatable bonds is 6. The molecule has 6 aromatic rings. The molecule has 1 N–H and O–H groups in total. The fraction of sp³-hybridized carbons (Fsp3) is 0.105. The zero-order valence-corrected chi connectivity index (χ0v) is 26.6. The van der Waals surface area contributed by atoms with Crippen LogP contribution in [0.3, 0.4) is 0 Å². The van der Waals surface area contributed by atoms with Gasteiger partial charge in [-0.1, -0.05) is 97.1 Å². The number of anilines is 1. The third-order valence-corrected chi connectivity index (χ3v) is 7.93. The topological polar surface area (TPSA) is 58.0 Å². The summed E-state index contributed by atoms with van der Waals surface area (Å²) in [7, 11) is 0. The minimum atomic E-state index is -0.138. The molecule has 0 radical (unpaired) electrons. The van der Waals surface area contributed by atoms with Crippen molar-refractivity contribution in [3.63, 3.8) is 0 Å². The Morgan fingerprint density at radius 3 is 2.09 bits per heavy atom. The summed E-state index contributed by atoms with van der Waals surface area (Å²) in [6, 6.07) is 45.6. The summed E-state index contributed by atoms with van der Waals surface area (Å²) in [6.07, 6.45) is 0. The molecule has 0 saturated carbocycles. The van der Waals surface area contributed by atoms with Gasteiger partial charge in [-0.2, -0.15) is 0 Å². The van der Waals surface area contributed by atoms with E-state index in [0.29, 0.717) is 17.1 Å². The number of nitrogens with zero attached hydrogens (tertiary/aromatic N) is 3. The van der Waals surface area contributed by atoms with Crippen LogP contribution in [0.1, 0.15) is 39.9 Å². The molecule has 2 heterocycles. The maximum atomic E-state index is 10.3. The molecule has 220 valence electrons. The number of aryl methyl sites for hydroxylation is 2. The van der Waals surface area contributed by atoms with Crippen molar-refractivity contribution in [1.29, 1.82) is 0 Å². The number of phenols is 1. The van der Waals surface area contributed by atoms with Crippen LogP contribution in [0.5, 0.6) is 17.4 Å². The normalized spacial score (nSPS) is 16.0. The molecule has 7 rings (SSSR count). The van der Waals surface area contributed by atoms with Gasteiger partial charge >= 0.3 is 0 Å². The van der Waals surface area contributed by atoms with Gasteiger partial charge in [-0.25, -0.2) is 4.98 Å². The first-order valence-electron chi connectivity index (χ1n) is 14.4. The van der Waals surface area contributed by atoms with Gasteiger partial charge in [0.15, 0.2) is 0 Å². The van der Waals surface area contributed by atoms with Gasteiger partial charge in [0, 0.05) is 44.0 Å². The Balaban J connectivity index is 0.00000343. The standard InChI is InChI=1S/C38H30N3O2.Pt/c1-25-12-9-13-26(2)36(25)41-37(29-16-7-4-8-17-29)35(27-14-5-3-6-15-27)40-38(41)30-19-10-20-31(24-30)43-33-23-22-28-18-11-21-32(42)34(28)39-33;/h3-23,35,37,42H,1-2H3;/q-1;/t35-,37+;/m0./s1. The van der Waals surface area contributed by atoms with E-state index in [4.69, 9.17) is 9.73 Å². The molecule has 0 bridgehead atoms. The molecule has 6 heteroatoms. The quantitative estimate of drug-likeness (QED) is 0.173. The van der Waals surface area contributed by atoms with Gasteiger partial charge in [0.1, 0.15) is 11.3 Å². The van der Waals surface area contributed by atoms with E-state index in [1.807, 2.05) is 36.4 Å². The van der Waals surface area contributed by atoms with Crippen molar-refractivity contribution in [3.8, 4) is 17.4 Å².